The van der Waals surface area contributed by atoms with Crippen molar-refractivity contribution >= 4 is 5.91 Å². The lowest BCUT2D eigenvalue weighted by atomic mass is 10.1. The molecule has 0 saturated carbocycles. The number of ether oxygens (including phenoxy) is 1. The zero-order chi connectivity index (χ0) is 18.5. The summed E-state index contributed by atoms with van der Waals surface area (Å²) in [6.45, 7) is 0.330. The summed E-state index contributed by atoms with van der Waals surface area (Å²) < 4.78 is 18.5. The van der Waals surface area contributed by atoms with Crippen LogP contribution in [0.25, 0.3) is 0 Å². The van der Waals surface area contributed by atoms with Gasteiger partial charge in [0.25, 0.3) is 5.91 Å². The maximum absolute atomic E-state index is 12.9. The van der Waals surface area contributed by atoms with Crippen LogP contribution in [0.1, 0.15) is 5.56 Å². The fourth-order valence-corrected chi connectivity index (χ4v) is 2.58. The molecule has 6 heteroatoms. The molecule has 0 saturated heterocycles. The minimum Gasteiger partial charge on any atom is -0.510 e. The van der Waals surface area contributed by atoms with Gasteiger partial charge in [0.2, 0.25) is 0 Å². The zero-order valence-electron chi connectivity index (χ0n) is 14.2. The number of halogens is 1. The van der Waals surface area contributed by atoms with Crippen molar-refractivity contribution in [2.24, 2.45) is 0 Å². The molecule has 1 atom stereocenters. The molecule has 0 aromatic heterocycles. The molecule has 0 bridgehead atoms. The molecule has 1 unspecified atom stereocenters. The molecule has 2 aromatic rings. The molecule has 1 aliphatic rings. The minimum absolute atomic E-state index is 0.00976. The van der Waals surface area contributed by atoms with E-state index in [1.54, 1.807) is 48.5 Å². The third kappa shape index (κ3) is 4.22. The van der Waals surface area contributed by atoms with Crippen molar-refractivity contribution in [2.75, 3.05) is 7.05 Å². The topological polar surface area (TPSA) is 61.8 Å². The van der Waals surface area contributed by atoms with E-state index in [-0.39, 0.29) is 17.5 Å². The fourth-order valence-electron chi connectivity index (χ4n) is 2.58. The number of hydrogen-bond donors (Lipinski definition) is 2. The summed E-state index contributed by atoms with van der Waals surface area (Å²) in [7, 11) is 1.73. The standard InChI is InChI=1S/C20H19FN2O3/c1-23-12-2-3-18(24)19(23)20(25)22-13-14-4-8-16(9-5-14)26-17-10-6-15(21)7-11-17/h2-12,19,24H,13H2,1H3,(H,22,25). The molecule has 0 fully saturated rings. The van der Waals surface area contributed by atoms with Gasteiger partial charge < -0.3 is 20.1 Å². The number of amides is 1. The first-order valence-corrected chi connectivity index (χ1v) is 8.12. The molecule has 5 nitrogen and oxygen atoms in total. The first-order valence-electron chi connectivity index (χ1n) is 8.12. The van der Waals surface area contributed by atoms with Gasteiger partial charge >= 0.3 is 0 Å². The first kappa shape index (κ1) is 17.5. The molecule has 1 amide bonds. The maximum Gasteiger partial charge on any atom is 0.250 e. The second-order valence-electron chi connectivity index (χ2n) is 5.92. The van der Waals surface area contributed by atoms with Gasteiger partial charge in [0.15, 0.2) is 6.04 Å². The molecule has 134 valence electrons. The number of nitrogens with one attached hydrogen (secondary N) is 1. The zero-order valence-corrected chi connectivity index (χ0v) is 14.2. The Morgan fingerprint density at radius 1 is 1.15 bits per heavy atom. The Bertz CT molecular complexity index is 829. The van der Waals surface area contributed by atoms with E-state index in [0.29, 0.717) is 18.0 Å². The van der Waals surface area contributed by atoms with Crippen molar-refractivity contribution in [2.45, 2.75) is 12.6 Å². The van der Waals surface area contributed by atoms with Gasteiger partial charge in [0, 0.05) is 19.8 Å². The Morgan fingerprint density at radius 3 is 2.38 bits per heavy atom. The van der Waals surface area contributed by atoms with Gasteiger partial charge in [-0.05, 0) is 54.1 Å². The predicted molar refractivity (Wildman–Crippen MR) is 96.2 cm³/mol. The predicted octanol–water partition coefficient (Wildman–Crippen LogP) is 3.50. The largest absolute Gasteiger partial charge is 0.510 e. The van der Waals surface area contributed by atoms with E-state index in [1.807, 2.05) is 12.1 Å². The molecular formula is C20H19FN2O3. The summed E-state index contributed by atoms with van der Waals surface area (Å²) in [6.07, 6.45) is 4.91. The number of rotatable bonds is 5. The number of aliphatic hydroxyl groups is 1. The van der Waals surface area contributed by atoms with E-state index in [9.17, 15) is 14.3 Å². The molecule has 1 aliphatic heterocycles. The van der Waals surface area contributed by atoms with Crippen LogP contribution in [0.3, 0.4) is 0 Å². The highest BCUT2D eigenvalue weighted by Crippen LogP contribution is 2.22. The third-order valence-electron chi connectivity index (χ3n) is 3.96. The van der Waals surface area contributed by atoms with E-state index in [2.05, 4.69) is 5.32 Å². The number of carbonyl (C=O) groups is 1. The van der Waals surface area contributed by atoms with Gasteiger partial charge in [-0.2, -0.15) is 0 Å². The Hall–Kier alpha value is -3.28. The van der Waals surface area contributed by atoms with Crippen molar-refractivity contribution in [3.8, 4) is 11.5 Å². The molecule has 0 aliphatic carbocycles. The van der Waals surface area contributed by atoms with Crippen molar-refractivity contribution in [3.63, 3.8) is 0 Å². The number of benzene rings is 2. The van der Waals surface area contributed by atoms with Crippen LogP contribution >= 0.6 is 0 Å². The van der Waals surface area contributed by atoms with Crippen LogP contribution in [0, 0.1) is 5.82 Å². The van der Waals surface area contributed by atoms with Gasteiger partial charge in [-0.15, -0.1) is 0 Å². The Kier molecular flexibility index (Phi) is 5.22. The van der Waals surface area contributed by atoms with Crippen molar-refractivity contribution in [1.82, 2.24) is 10.2 Å². The smallest absolute Gasteiger partial charge is 0.250 e. The van der Waals surface area contributed by atoms with Crippen molar-refractivity contribution < 1.29 is 19.0 Å². The lowest BCUT2D eigenvalue weighted by Crippen LogP contribution is -2.44. The van der Waals surface area contributed by atoms with E-state index in [0.717, 1.165) is 5.56 Å². The number of hydrogen-bond acceptors (Lipinski definition) is 4. The third-order valence-corrected chi connectivity index (χ3v) is 3.96. The summed E-state index contributed by atoms with van der Waals surface area (Å²) in [6, 6.07) is 12.3. The quantitative estimate of drug-likeness (QED) is 0.863. The number of aliphatic hydroxyl groups excluding tert-OH is 1. The number of likely N-dealkylation sites (N-methyl/N-ethyl adjacent to an activating group) is 1. The SMILES string of the molecule is CN1C=CC=C(O)C1C(=O)NCc1ccc(Oc2ccc(F)cc2)cc1. The fraction of sp³-hybridized carbons (Fsp3) is 0.150. The molecule has 0 spiro atoms. The molecule has 3 rings (SSSR count). The molecular weight excluding hydrogens is 335 g/mol. The van der Waals surface area contributed by atoms with E-state index in [4.69, 9.17) is 4.74 Å². The highest BCUT2D eigenvalue weighted by molar-refractivity contribution is 5.84. The monoisotopic (exact) mass is 354 g/mol. The van der Waals surface area contributed by atoms with Gasteiger partial charge in [0.05, 0.1) is 0 Å². The maximum atomic E-state index is 12.9. The first-order chi connectivity index (χ1) is 12.5. The number of allylic oxidation sites excluding steroid dienone is 2. The number of carbonyl (C=O) groups excluding carboxylic acids is 1. The van der Waals surface area contributed by atoms with Crippen molar-refractivity contribution in [3.05, 3.63) is 84.0 Å². The van der Waals surface area contributed by atoms with Crippen LogP contribution in [0.5, 0.6) is 11.5 Å². The number of nitrogens with zero attached hydrogens (tertiary/aromatic N) is 1. The summed E-state index contributed by atoms with van der Waals surface area (Å²) in [5, 5.41) is 12.7. The Morgan fingerprint density at radius 2 is 1.77 bits per heavy atom. The normalized spacial score (nSPS) is 16.2. The summed E-state index contributed by atoms with van der Waals surface area (Å²) in [5.41, 5.74) is 0.891. The van der Waals surface area contributed by atoms with Gasteiger partial charge in [0.1, 0.15) is 23.1 Å². The lowest BCUT2D eigenvalue weighted by Gasteiger charge is -2.27. The summed E-state index contributed by atoms with van der Waals surface area (Å²) in [4.78, 5) is 13.9. The average Bonchev–Trinajstić information content (AvgIpc) is 2.63. The second kappa shape index (κ2) is 7.74. The van der Waals surface area contributed by atoms with E-state index < -0.39 is 6.04 Å². The summed E-state index contributed by atoms with van der Waals surface area (Å²) in [5.74, 6) is 0.573. The Labute approximate surface area is 151 Å². The van der Waals surface area contributed by atoms with Crippen molar-refractivity contribution in [1.29, 1.82) is 0 Å². The minimum atomic E-state index is -0.721. The van der Waals surface area contributed by atoms with Crippen LogP contribution < -0.4 is 10.1 Å². The second-order valence-corrected chi connectivity index (χ2v) is 5.92. The highest BCUT2D eigenvalue weighted by atomic mass is 19.1. The van der Waals surface area contributed by atoms with Crippen LogP contribution in [0.15, 0.2) is 72.6 Å². The Balaban J connectivity index is 1.56. The van der Waals surface area contributed by atoms with Crippen LogP contribution in [0.2, 0.25) is 0 Å². The van der Waals surface area contributed by atoms with Gasteiger partial charge in [-0.25, -0.2) is 4.39 Å². The summed E-state index contributed by atoms with van der Waals surface area (Å²) >= 11 is 0. The molecule has 1 heterocycles. The van der Waals surface area contributed by atoms with E-state index >= 15 is 0 Å². The van der Waals surface area contributed by atoms with Crippen LogP contribution in [0.4, 0.5) is 4.39 Å². The average molecular weight is 354 g/mol. The van der Waals surface area contributed by atoms with E-state index in [1.165, 1.54) is 18.2 Å². The van der Waals surface area contributed by atoms with Gasteiger partial charge in [-0.3, -0.25) is 4.79 Å². The molecule has 26 heavy (non-hydrogen) atoms. The lowest BCUT2D eigenvalue weighted by molar-refractivity contribution is -0.125. The van der Waals surface area contributed by atoms with Gasteiger partial charge in [-0.1, -0.05) is 12.1 Å². The molecule has 2 N–H and O–H groups in total. The van der Waals surface area contributed by atoms with Crippen LogP contribution in [-0.4, -0.2) is 29.0 Å². The highest BCUT2D eigenvalue weighted by Gasteiger charge is 2.26. The molecule has 0 radical (unpaired) electrons. The van der Waals surface area contributed by atoms with Crippen LogP contribution in [-0.2, 0) is 11.3 Å². The molecule has 2 aromatic carbocycles.